The van der Waals surface area contributed by atoms with E-state index in [2.05, 4.69) is 5.92 Å². The molecule has 2 nitrogen and oxygen atoms in total. The summed E-state index contributed by atoms with van der Waals surface area (Å²) >= 11 is 0. The molecule has 62 valence electrons. The second-order valence-electron chi connectivity index (χ2n) is 2.85. The van der Waals surface area contributed by atoms with Gasteiger partial charge in [0.1, 0.15) is 0 Å². The highest BCUT2D eigenvalue weighted by atomic mass is 16.4. The molecule has 0 radical (unpaired) electrons. The van der Waals surface area contributed by atoms with E-state index >= 15 is 0 Å². The van der Waals surface area contributed by atoms with Crippen molar-refractivity contribution in [2.24, 2.45) is 11.8 Å². The number of carbonyl (C=O) groups is 1. The quantitative estimate of drug-likeness (QED) is 0.626. The van der Waals surface area contributed by atoms with Gasteiger partial charge in [-0.3, -0.25) is 4.79 Å². The molecule has 0 saturated heterocycles. The second kappa shape index (κ2) is 4.79. The number of hydrogen-bond donors (Lipinski definition) is 1. The van der Waals surface area contributed by atoms with Gasteiger partial charge in [0, 0.05) is 6.42 Å². The van der Waals surface area contributed by atoms with Crippen molar-refractivity contribution >= 4 is 5.97 Å². The lowest BCUT2D eigenvalue weighted by atomic mass is 9.92. The first-order chi connectivity index (χ1) is 5.09. The van der Waals surface area contributed by atoms with Gasteiger partial charge >= 0.3 is 5.97 Å². The van der Waals surface area contributed by atoms with E-state index in [1.807, 2.05) is 6.92 Å². The van der Waals surface area contributed by atoms with Crippen molar-refractivity contribution in [1.29, 1.82) is 0 Å². The molecule has 0 spiro atoms. The third kappa shape index (κ3) is 3.67. The molecular weight excluding hydrogens is 140 g/mol. The molecule has 0 fully saturated rings. The fourth-order valence-electron chi connectivity index (χ4n) is 0.804. The van der Waals surface area contributed by atoms with Crippen LogP contribution in [0.2, 0.25) is 0 Å². The molecule has 0 aromatic heterocycles. The summed E-state index contributed by atoms with van der Waals surface area (Å²) in [5.41, 5.74) is 0. The van der Waals surface area contributed by atoms with Crippen LogP contribution in [0.25, 0.3) is 0 Å². The minimum absolute atomic E-state index is 0.170. The maximum absolute atomic E-state index is 10.5. The molecular formula is C9H14O2. The van der Waals surface area contributed by atoms with E-state index in [0.29, 0.717) is 6.42 Å². The second-order valence-corrected chi connectivity index (χ2v) is 2.85. The van der Waals surface area contributed by atoms with E-state index in [-0.39, 0.29) is 11.8 Å². The Morgan fingerprint density at radius 2 is 2.18 bits per heavy atom. The van der Waals surface area contributed by atoms with E-state index in [1.54, 1.807) is 6.92 Å². The maximum atomic E-state index is 10.5. The van der Waals surface area contributed by atoms with E-state index in [4.69, 9.17) is 11.5 Å². The molecule has 0 aromatic carbocycles. The van der Waals surface area contributed by atoms with Gasteiger partial charge in [0.15, 0.2) is 0 Å². The number of carboxylic acid groups (broad SMARTS) is 1. The zero-order valence-electron chi connectivity index (χ0n) is 7.00. The van der Waals surface area contributed by atoms with Crippen LogP contribution in [0, 0.1) is 24.2 Å². The third-order valence-electron chi connectivity index (χ3n) is 1.99. The Balaban J connectivity index is 3.75. The Hall–Kier alpha value is -0.970. The van der Waals surface area contributed by atoms with Gasteiger partial charge in [-0.25, -0.2) is 0 Å². The summed E-state index contributed by atoms with van der Waals surface area (Å²) in [6, 6.07) is 0. The fourth-order valence-corrected chi connectivity index (χ4v) is 0.804. The van der Waals surface area contributed by atoms with Crippen LogP contribution in [0.5, 0.6) is 0 Å². The van der Waals surface area contributed by atoms with Crippen molar-refractivity contribution in [2.75, 3.05) is 0 Å². The Morgan fingerprint density at radius 1 is 1.64 bits per heavy atom. The molecule has 0 saturated carbocycles. The van der Waals surface area contributed by atoms with Crippen LogP contribution in [0.15, 0.2) is 0 Å². The number of hydrogen-bond acceptors (Lipinski definition) is 1. The van der Waals surface area contributed by atoms with E-state index < -0.39 is 5.97 Å². The van der Waals surface area contributed by atoms with E-state index in [1.165, 1.54) is 0 Å². The first-order valence-corrected chi connectivity index (χ1v) is 3.75. The van der Waals surface area contributed by atoms with Crippen LogP contribution in [0.3, 0.4) is 0 Å². The number of terminal acetylenes is 1. The van der Waals surface area contributed by atoms with Gasteiger partial charge in [-0.05, 0) is 12.3 Å². The molecule has 0 aliphatic heterocycles. The molecule has 0 amide bonds. The van der Waals surface area contributed by atoms with E-state index in [0.717, 1.165) is 6.42 Å². The van der Waals surface area contributed by atoms with Crippen molar-refractivity contribution in [3.63, 3.8) is 0 Å². The average molecular weight is 154 g/mol. The molecule has 0 aromatic rings. The molecule has 2 heteroatoms. The van der Waals surface area contributed by atoms with Gasteiger partial charge < -0.3 is 5.11 Å². The Morgan fingerprint density at radius 3 is 2.55 bits per heavy atom. The fraction of sp³-hybridized carbons (Fsp3) is 0.667. The SMILES string of the molecule is C#CCCC(C)C(C)C(=O)O. The van der Waals surface area contributed by atoms with Gasteiger partial charge in [-0.1, -0.05) is 13.8 Å². The monoisotopic (exact) mass is 154 g/mol. The van der Waals surface area contributed by atoms with Gasteiger partial charge in [0.25, 0.3) is 0 Å². The van der Waals surface area contributed by atoms with Crippen LogP contribution in [-0.2, 0) is 4.79 Å². The lowest BCUT2D eigenvalue weighted by molar-refractivity contribution is -0.142. The van der Waals surface area contributed by atoms with Crippen molar-refractivity contribution in [2.45, 2.75) is 26.7 Å². The number of aliphatic carboxylic acids is 1. The van der Waals surface area contributed by atoms with Gasteiger partial charge in [0.2, 0.25) is 0 Å². The molecule has 0 rings (SSSR count). The van der Waals surface area contributed by atoms with Gasteiger partial charge in [-0.2, -0.15) is 0 Å². The van der Waals surface area contributed by atoms with Crippen molar-refractivity contribution in [1.82, 2.24) is 0 Å². The highest BCUT2D eigenvalue weighted by Crippen LogP contribution is 2.16. The molecule has 0 aliphatic carbocycles. The first-order valence-electron chi connectivity index (χ1n) is 3.75. The largest absolute Gasteiger partial charge is 0.481 e. The Kier molecular flexibility index (Phi) is 4.36. The topological polar surface area (TPSA) is 37.3 Å². The lowest BCUT2D eigenvalue weighted by Gasteiger charge is -2.13. The lowest BCUT2D eigenvalue weighted by Crippen LogP contribution is -2.17. The molecule has 0 aliphatic rings. The molecule has 0 bridgehead atoms. The highest BCUT2D eigenvalue weighted by Gasteiger charge is 2.17. The summed E-state index contributed by atoms with van der Waals surface area (Å²) in [4.78, 5) is 10.5. The highest BCUT2D eigenvalue weighted by molar-refractivity contribution is 5.69. The number of rotatable bonds is 4. The standard InChI is InChI=1S/C9H14O2/c1-4-5-6-7(2)8(3)9(10)11/h1,7-8H,5-6H2,2-3H3,(H,10,11). The van der Waals surface area contributed by atoms with Crippen LogP contribution >= 0.6 is 0 Å². The predicted molar refractivity (Wildman–Crippen MR) is 44.0 cm³/mol. The summed E-state index contributed by atoms with van der Waals surface area (Å²) in [6.07, 6.45) is 6.52. The molecule has 11 heavy (non-hydrogen) atoms. The zero-order valence-corrected chi connectivity index (χ0v) is 7.00. The summed E-state index contributed by atoms with van der Waals surface area (Å²) in [7, 11) is 0. The van der Waals surface area contributed by atoms with Gasteiger partial charge in [0.05, 0.1) is 5.92 Å². The zero-order chi connectivity index (χ0) is 8.85. The van der Waals surface area contributed by atoms with Crippen LogP contribution in [0.1, 0.15) is 26.7 Å². The van der Waals surface area contributed by atoms with Crippen molar-refractivity contribution in [3.05, 3.63) is 0 Å². The van der Waals surface area contributed by atoms with Crippen LogP contribution < -0.4 is 0 Å². The summed E-state index contributed by atoms with van der Waals surface area (Å²) in [5, 5.41) is 8.60. The maximum Gasteiger partial charge on any atom is 0.306 e. The Bertz CT molecular complexity index is 167. The smallest absolute Gasteiger partial charge is 0.306 e. The van der Waals surface area contributed by atoms with Crippen molar-refractivity contribution in [3.8, 4) is 12.3 Å². The third-order valence-corrected chi connectivity index (χ3v) is 1.99. The van der Waals surface area contributed by atoms with Crippen molar-refractivity contribution < 1.29 is 9.90 Å². The molecule has 2 unspecified atom stereocenters. The Labute approximate surface area is 67.6 Å². The summed E-state index contributed by atoms with van der Waals surface area (Å²) in [6.45, 7) is 3.62. The normalized spacial score (nSPS) is 15.0. The predicted octanol–water partition coefficient (Wildman–Crippen LogP) is 1.76. The van der Waals surface area contributed by atoms with Crippen LogP contribution in [0.4, 0.5) is 0 Å². The minimum Gasteiger partial charge on any atom is -0.481 e. The summed E-state index contributed by atoms with van der Waals surface area (Å²) in [5.74, 6) is 1.64. The minimum atomic E-state index is -0.741. The van der Waals surface area contributed by atoms with Gasteiger partial charge in [-0.15, -0.1) is 12.3 Å². The van der Waals surface area contributed by atoms with E-state index in [9.17, 15) is 4.79 Å². The number of carboxylic acids is 1. The van der Waals surface area contributed by atoms with Crippen LogP contribution in [-0.4, -0.2) is 11.1 Å². The molecule has 1 N–H and O–H groups in total. The average Bonchev–Trinajstić information content (AvgIpc) is 1.98. The molecule has 2 atom stereocenters. The molecule has 0 heterocycles. The summed E-state index contributed by atoms with van der Waals surface area (Å²) < 4.78 is 0. The first kappa shape index (κ1) is 10.0.